The quantitative estimate of drug-likeness (QED) is 0.884. The Morgan fingerprint density at radius 2 is 2.32 bits per heavy atom. The van der Waals surface area contributed by atoms with Crippen LogP contribution >= 0.6 is 11.3 Å². The lowest BCUT2D eigenvalue weighted by atomic mass is 10.1. The normalized spacial score (nSPS) is 15.5. The minimum atomic E-state index is -0.887. The second-order valence-electron chi connectivity index (χ2n) is 5.47. The molecule has 1 saturated carbocycles. The molecule has 2 aromatic rings. The molecule has 1 N–H and O–H groups in total. The number of hydrogen-bond donors (Lipinski definition) is 1. The van der Waals surface area contributed by atoms with Gasteiger partial charge in [0.05, 0.1) is 18.4 Å². The van der Waals surface area contributed by atoms with Gasteiger partial charge in [0.2, 0.25) is 0 Å². The molecule has 0 saturated heterocycles. The third-order valence-corrected chi connectivity index (χ3v) is 4.66. The standard InChI is InChI=1S/C15H16N2O4S/c1-9(15(19)20)7-17(11-2-3-11)14(18)12-6-16-13(22-12)10-4-5-21-8-10/h4-6,8-9,11H,2-3,7H2,1H3,(H,19,20)/t9-/m0/s1. The molecule has 0 radical (unpaired) electrons. The molecule has 0 unspecified atom stereocenters. The summed E-state index contributed by atoms with van der Waals surface area (Å²) >= 11 is 1.30. The molecule has 2 aromatic heterocycles. The van der Waals surface area contributed by atoms with Gasteiger partial charge in [0.25, 0.3) is 5.91 Å². The highest BCUT2D eigenvalue weighted by molar-refractivity contribution is 7.16. The van der Waals surface area contributed by atoms with Gasteiger partial charge in [-0.05, 0) is 18.9 Å². The summed E-state index contributed by atoms with van der Waals surface area (Å²) in [4.78, 5) is 30.1. The van der Waals surface area contributed by atoms with E-state index in [2.05, 4.69) is 4.98 Å². The van der Waals surface area contributed by atoms with Crippen LogP contribution in [0.25, 0.3) is 10.6 Å². The van der Waals surface area contributed by atoms with E-state index in [-0.39, 0.29) is 18.5 Å². The third-order valence-electron chi connectivity index (χ3n) is 3.63. The molecule has 2 heterocycles. The van der Waals surface area contributed by atoms with Crippen molar-refractivity contribution in [1.29, 1.82) is 0 Å². The molecule has 0 aromatic carbocycles. The Balaban J connectivity index is 1.77. The number of aromatic nitrogens is 1. The summed E-state index contributed by atoms with van der Waals surface area (Å²) in [7, 11) is 0. The monoisotopic (exact) mass is 320 g/mol. The van der Waals surface area contributed by atoms with Crippen LogP contribution in [0.15, 0.2) is 29.2 Å². The van der Waals surface area contributed by atoms with Crippen LogP contribution in [0.1, 0.15) is 29.4 Å². The lowest BCUT2D eigenvalue weighted by molar-refractivity contribution is -0.141. The molecule has 3 rings (SSSR count). The van der Waals surface area contributed by atoms with Crippen LogP contribution in [0.4, 0.5) is 0 Å². The molecular weight excluding hydrogens is 304 g/mol. The summed E-state index contributed by atoms with van der Waals surface area (Å²) in [5, 5.41) is 9.78. The van der Waals surface area contributed by atoms with Crippen molar-refractivity contribution < 1.29 is 19.1 Å². The van der Waals surface area contributed by atoms with Gasteiger partial charge in [-0.2, -0.15) is 0 Å². The molecule has 1 aliphatic carbocycles. The number of hydrogen-bond acceptors (Lipinski definition) is 5. The van der Waals surface area contributed by atoms with Crippen molar-refractivity contribution in [2.24, 2.45) is 5.92 Å². The number of carbonyl (C=O) groups excluding carboxylic acids is 1. The average Bonchev–Trinajstić information content (AvgIpc) is 3.01. The van der Waals surface area contributed by atoms with Crippen LogP contribution in [0.5, 0.6) is 0 Å². The van der Waals surface area contributed by atoms with Gasteiger partial charge in [-0.25, -0.2) is 4.98 Å². The summed E-state index contributed by atoms with van der Waals surface area (Å²) in [5.41, 5.74) is 0.834. The van der Waals surface area contributed by atoms with E-state index >= 15 is 0 Å². The van der Waals surface area contributed by atoms with Gasteiger partial charge < -0.3 is 14.4 Å². The van der Waals surface area contributed by atoms with Crippen molar-refractivity contribution >= 4 is 23.2 Å². The van der Waals surface area contributed by atoms with Gasteiger partial charge in [-0.3, -0.25) is 9.59 Å². The van der Waals surface area contributed by atoms with Crippen molar-refractivity contribution in [2.45, 2.75) is 25.8 Å². The number of carbonyl (C=O) groups is 2. The highest BCUT2D eigenvalue weighted by atomic mass is 32.1. The molecule has 0 aliphatic heterocycles. The first kappa shape index (κ1) is 14.8. The summed E-state index contributed by atoms with van der Waals surface area (Å²) in [6.07, 6.45) is 6.56. The zero-order valence-electron chi connectivity index (χ0n) is 12.1. The minimum Gasteiger partial charge on any atom is -0.481 e. The van der Waals surface area contributed by atoms with E-state index in [1.807, 2.05) is 0 Å². The smallest absolute Gasteiger partial charge is 0.308 e. The van der Waals surface area contributed by atoms with Crippen molar-refractivity contribution in [1.82, 2.24) is 9.88 Å². The van der Waals surface area contributed by atoms with Gasteiger partial charge >= 0.3 is 5.97 Å². The fourth-order valence-corrected chi connectivity index (χ4v) is 3.05. The Morgan fingerprint density at radius 1 is 1.55 bits per heavy atom. The third kappa shape index (κ3) is 3.04. The van der Waals surface area contributed by atoms with E-state index in [1.165, 1.54) is 11.3 Å². The minimum absolute atomic E-state index is 0.136. The lowest BCUT2D eigenvalue weighted by Crippen LogP contribution is -2.38. The maximum atomic E-state index is 12.6. The van der Waals surface area contributed by atoms with Crippen molar-refractivity contribution in [3.63, 3.8) is 0 Å². The first-order chi connectivity index (χ1) is 10.6. The van der Waals surface area contributed by atoms with Crippen LogP contribution < -0.4 is 0 Å². The van der Waals surface area contributed by atoms with Crippen LogP contribution in [0, 0.1) is 5.92 Å². The predicted octanol–water partition coefficient (Wildman–Crippen LogP) is 2.73. The molecule has 0 spiro atoms. The Labute approximate surface area is 131 Å². The first-order valence-corrected chi connectivity index (χ1v) is 7.90. The largest absolute Gasteiger partial charge is 0.481 e. The average molecular weight is 320 g/mol. The van der Waals surface area contributed by atoms with E-state index in [9.17, 15) is 9.59 Å². The SMILES string of the molecule is C[C@@H](CN(C(=O)c1cnc(-c2ccoc2)s1)C1CC1)C(=O)O. The molecule has 116 valence electrons. The van der Waals surface area contributed by atoms with E-state index in [0.717, 1.165) is 23.4 Å². The second-order valence-corrected chi connectivity index (χ2v) is 6.50. The Morgan fingerprint density at radius 3 is 2.91 bits per heavy atom. The van der Waals surface area contributed by atoms with E-state index in [0.29, 0.717) is 4.88 Å². The number of rotatable bonds is 6. The molecule has 6 nitrogen and oxygen atoms in total. The summed E-state index contributed by atoms with van der Waals surface area (Å²) in [6.45, 7) is 1.85. The number of amides is 1. The summed E-state index contributed by atoms with van der Waals surface area (Å²) in [5.74, 6) is -1.60. The van der Waals surface area contributed by atoms with Gasteiger partial charge in [-0.15, -0.1) is 11.3 Å². The molecule has 1 amide bonds. The van der Waals surface area contributed by atoms with Crippen molar-refractivity contribution in [3.05, 3.63) is 29.7 Å². The lowest BCUT2D eigenvalue weighted by Gasteiger charge is -2.23. The molecule has 1 aliphatic rings. The van der Waals surface area contributed by atoms with E-state index < -0.39 is 11.9 Å². The van der Waals surface area contributed by atoms with Crippen LogP contribution in [0.3, 0.4) is 0 Å². The highest BCUT2D eigenvalue weighted by Gasteiger charge is 2.35. The molecule has 7 heteroatoms. The molecule has 1 atom stereocenters. The van der Waals surface area contributed by atoms with E-state index in [1.54, 1.807) is 36.6 Å². The summed E-state index contributed by atoms with van der Waals surface area (Å²) in [6, 6.07) is 1.95. The number of carboxylic acids is 1. The molecule has 1 fully saturated rings. The van der Waals surface area contributed by atoms with Crippen LogP contribution in [-0.4, -0.2) is 39.5 Å². The molecule has 22 heavy (non-hydrogen) atoms. The van der Waals surface area contributed by atoms with E-state index in [4.69, 9.17) is 9.52 Å². The van der Waals surface area contributed by atoms with Crippen molar-refractivity contribution in [2.75, 3.05) is 6.54 Å². The van der Waals surface area contributed by atoms with Gasteiger partial charge in [0.15, 0.2) is 0 Å². The second kappa shape index (κ2) is 5.92. The zero-order valence-corrected chi connectivity index (χ0v) is 12.9. The molecular formula is C15H16N2O4S. The molecule has 0 bridgehead atoms. The number of thiazole rings is 1. The first-order valence-electron chi connectivity index (χ1n) is 7.08. The van der Waals surface area contributed by atoms with Gasteiger partial charge in [0.1, 0.15) is 16.1 Å². The Kier molecular flexibility index (Phi) is 3.98. The maximum Gasteiger partial charge on any atom is 0.308 e. The fraction of sp³-hybridized carbons (Fsp3) is 0.400. The Bertz CT molecular complexity index is 676. The Hall–Kier alpha value is -2.15. The van der Waals surface area contributed by atoms with Crippen molar-refractivity contribution in [3.8, 4) is 10.6 Å². The topological polar surface area (TPSA) is 83.6 Å². The number of aliphatic carboxylic acids is 1. The highest BCUT2D eigenvalue weighted by Crippen LogP contribution is 2.32. The maximum absolute atomic E-state index is 12.6. The number of nitrogens with zero attached hydrogens (tertiary/aromatic N) is 2. The number of furan rings is 1. The van der Waals surface area contributed by atoms with Crippen LogP contribution in [-0.2, 0) is 4.79 Å². The van der Waals surface area contributed by atoms with Gasteiger partial charge in [-0.1, -0.05) is 6.92 Å². The van der Waals surface area contributed by atoms with Gasteiger partial charge in [0, 0.05) is 18.2 Å². The predicted molar refractivity (Wildman–Crippen MR) is 80.7 cm³/mol. The zero-order chi connectivity index (χ0) is 15.7. The summed E-state index contributed by atoms with van der Waals surface area (Å²) < 4.78 is 5.02. The van der Waals surface area contributed by atoms with Crippen LogP contribution in [0.2, 0.25) is 0 Å². The number of carboxylic acid groups (broad SMARTS) is 1. The fourth-order valence-electron chi connectivity index (χ4n) is 2.19.